The molecule has 3 N–H and O–H groups in total. The lowest BCUT2D eigenvalue weighted by atomic mass is 9.95. The molecule has 0 saturated heterocycles. The maximum Gasteiger partial charge on any atom is 0.318 e. The highest BCUT2D eigenvalue weighted by molar-refractivity contribution is 8.00. The number of nitrogens with zero attached hydrogens (tertiary/aromatic N) is 3. The summed E-state index contributed by atoms with van der Waals surface area (Å²) >= 11 is 1.26. The van der Waals surface area contributed by atoms with Crippen LogP contribution < -0.4 is 20.5 Å². The third kappa shape index (κ3) is 4.86. The Labute approximate surface area is 179 Å². The summed E-state index contributed by atoms with van der Waals surface area (Å²) in [6.07, 6.45) is 5.53. The molecule has 1 fully saturated rings. The fraction of sp³-hybridized carbons (Fsp3) is 0.500. The minimum absolute atomic E-state index is 0.241. The molecule has 0 radical (unpaired) electrons. The average molecular weight is 434 g/mol. The van der Waals surface area contributed by atoms with Crippen molar-refractivity contribution in [1.29, 1.82) is 0 Å². The summed E-state index contributed by atoms with van der Waals surface area (Å²) in [4.78, 5) is 23.2. The topological polar surface area (TPSA) is 121 Å². The Morgan fingerprint density at radius 3 is 2.50 bits per heavy atom. The van der Waals surface area contributed by atoms with Gasteiger partial charge in [-0.1, -0.05) is 31.0 Å². The van der Waals surface area contributed by atoms with E-state index in [2.05, 4.69) is 20.1 Å². The number of hydrogen-bond donors (Lipinski definition) is 2. The third-order valence-electron chi connectivity index (χ3n) is 5.14. The number of nitrogens with one attached hydrogen (secondary N) is 1. The lowest BCUT2D eigenvalue weighted by molar-refractivity contribution is -0.119. The second-order valence-electron chi connectivity index (χ2n) is 7.15. The van der Waals surface area contributed by atoms with Crippen molar-refractivity contribution in [1.82, 2.24) is 20.1 Å². The van der Waals surface area contributed by atoms with E-state index in [1.807, 2.05) is 18.2 Å². The molecule has 3 amide bonds. The standard InChI is InChI=1S/C20H27N5O4S/c1-12(18(26)22-19(21)27)30-20-24-23-17(25(20)14-7-5-4-6-8-14)13-9-10-15(28-2)16(11-13)29-3/h9-12,14H,4-8H2,1-3H3,(H3,21,22,26,27)/t12-/m1/s1. The van der Waals surface area contributed by atoms with Gasteiger partial charge in [-0.25, -0.2) is 4.79 Å². The fourth-order valence-electron chi connectivity index (χ4n) is 3.63. The number of carbonyl (C=O) groups is 2. The molecule has 1 aliphatic carbocycles. The van der Waals surface area contributed by atoms with E-state index in [1.54, 1.807) is 21.1 Å². The van der Waals surface area contributed by atoms with Gasteiger partial charge in [0.15, 0.2) is 22.5 Å². The normalized spacial score (nSPS) is 15.4. The van der Waals surface area contributed by atoms with Crippen molar-refractivity contribution < 1.29 is 19.1 Å². The zero-order chi connectivity index (χ0) is 21.7. The first-order valence-corrected chi connectivity index (χ1v) is 10.8. The van der Waals surface area contributed by atoms with Crippen molar-refractivity contribution in [3.05, 3.63) is 18.2 Å². The zero-order valence-electron chi connectivity index (χ0n) is 17.4. The van der Waals surface area contributed by atoms with E-state index in [9.17, 15) is 9.59 Å². The first-order chi connectivity index (χ1) is 14.4. The number of thioether (sulfide) groups is 1. The average Bonchev–Trinajstić information content (AvgIpc) is 3.16. The summed E-state index contributed by atoms with van der Waals surface area (Å²) in [6.45, 7) is 1.71. The summed E-state index contributed by atoms with van der Waals surface area (Å²) in [5, 5.41) is 11.0. The molecule has 1 aliphatic rings. The highest BCUT2D eigenvalue weighted by Gasteiger charge is 2.27. The van der Waals surface area contributed by atoms with Crippen molar-refractivity contribution >= 4 is 23.7 Å². The second-order valence-corrected chi connectivity index (χ2v) is 8.46. The van der Waals surface area contributed by atoms with E-state index in [-0.39, 0.29) is 6.04 Å². The molecule has 10 heteroatoms. The molecule has 1 atom stereocenters. The monoisotopic (exact) mass is 433 g/mol. The number of rotatable bonds is 7. The molecule has 9 nitrogen and oxygen atoms in total. The van der Waals surface area contributed by atoms with Gasteiger partial charge >= 0.3 is 6.03 Å². The highest BCUT2D eigenvalue weighted by atomic mass is 32.2. The predicted molar refractivity (Wildman–Crippen MR) is 114 cm³/mol. The summed E-state index contributed by atoms with van der Waals surface area (Å²) in [7, 11) is 3.18. The zero-order valence-corrected chi connectivity index (χ0v) is 18.2. The number of benzene rings is 1. The number of ether oxygens (including phenoxy) is 2. The van der Waals surface area contributed by atoms with Crippen molar-refractivity contribution in [3.8, 4) is 22.9 Å². The Morgan fingerprint density at radius 2 is 1.87 bits per heavy atom. The Kier molecular flexibility index (Phi) is 7.20. The number of methoxy groups -OCH3 is 2. The SMILES string of the molecule is COc1ccc(-c2nnc(S[C@H](C)C(=O)NC(N)=O)n2C2CCCCC2)cc1OC. The molecular formula is C20H27N5O4S. The first kappa shape index (κ1) is 21.9. The minimum atomic E-state index is -0.868. The Bertz CT molecular complexity index is 911. The molecule has 1 heterocycles. The molecule has 2 aromatic rings. The van der Waals surface area contributed by atoms with Crippen LogP contribution in [0.2, 0.25) is 0 Å². The summed E-state index contributed by atoms with van der Waals surface area (Å²) in [6, 6.07) is 5.00. The second kappa shape index (κ2) is 9.84. The van der Waals surface area contributed by atoms with Crippen LogP contribution in [0.5, 0.6) is 11.5 Å². The van der Waals surface area contributed by atoms with Gasteiger partial charge < -0.3 is 15.2 Å². The number of nitrogens with two attached hydrogens (primary N) is 1. The van der Waals surface area contributed by atoms with Gasteiger partial charge in [0.05, 0.1) is 19.5 Å². The lowest BCUT2D eigenvalue weighted by Crippen LogP contribution is -2.39. The molecule has 0 bridgehead atoms. The predicted octanol–water partition coefficient (Wildman–Crippen LogP) is 3.14. The van der Waals surface area contributed by atoms with Gasteiger partial charge in [0.25, 0.3) is 0 Å². The Hall–Kier alpha value is -2.75. The number of primary amides is 1. The molecule has 0 aliphatic heterocycles. The van der Waals surface area contributed by atoms with Crippen LogP contribution >= 0.6 is 11.8 Å². The van der Waals surface area contributed by atoms with Crippen molar-refractivity contribution in [3.63, 3.8) is 0 Å². The minimum Gasteiger partial charge on any atom is -0.493 e. The lowest BCUT2D eigenvalue weighted by Gasteiger charge is -2.26. The van der Waals surface area contributed by atoms with E-state index in [1.165, 1.54) is 18.2 Å². The number of carbonyl (C=O) groups excluding carboxylic acids is 2. The fourth-order valence-corrected chi connectivity index (χ4v) is 4.55. The van der Waals surface area contributed by atoms with Gasteiger partial charge in [-0.05, 0) is 38.0 Å². The summed E-state index contributed by atoms with van der Waals surface area (Å²) in [5.74, 6) is 1.50. The van der Waals surface area contributed by atoms with Crippen molar-refractivity contribution in [2.45, 2.75) is 55.5 Å². The quantitative estimate of drug-likeness (QED) is 0.643. The van der Waals surface area contributed by atoms with Crippen LogP contribution in [0.3, 0.4) is 0 Å². The molecule has 1 saturated carbocycles. The van der Waals surface area contributed by atoms with Gasteiger partial charge in [-0.3, -0.25) is 14.7 Å². The number of aromatic nitrogens is 3. The maximum absolute atomic E-state index is 12.2. The molecule has 30 heavy (non-hydrogen) atoms. The van der Waals surface area contributed by atoms with Crippen LogP contribution in [0, 0.1) is 0 Å². The number of amides is 3. The van der Waals surface area contributed by atoms with Gasteiger partial charge in [-0.15, -0.1) is 10.2 Å². The molecule has 0 spiro atoms. The maximum atomic E-state index is 12.2. The van der Waals surface area contributed by atoms with Gasteiger partial charge in [0, 0.05) is 11.6 Å². The molecular weight excluding hydrogens is 406 g/mol. The third-order valence-corrected chi connectivity index (χ3v) is 6.20. The van der Waals surface area contributed by atoms with Crippen LogP contribution in [0.1, 0.15) is 45.1 Å². The molecule has 3 rings (SSSR count). The molecule has 162 valence electrons. The number of imide groups is 1. The van der Waals surface area contributed by atoms with E-state index in [4.69, 9.17) is 15.2 Å². The molecule has 1 aromatic carbocycles. The first-order valence-electron chi connectivity index (χ1n) is 9.88. The van der Waals surface area contributed by atoms with Crippen LogP contribution in [0.4, 0.5) is 4.79 Å². The largest absolute Gasteiger partial charge is 0.493 e. The summed E-state index contributed by atoms with van der Waals surface area (Å²) < 4.78 is 12.9. The Morgan fingerprint density at radius 1 is 1.17 bits per heavy atom. The van der Waals surface area contributed by atoms with Gasteiger partial charge in [0.2, 0.25) is 5.91 Å². The van der Waals surface area contributed by atoms with Crippen LogP contribution in [0.25, 0.3) is 11.4 Å². The van der Waals surface area contributed by atoms with Gasteiger partial charge in [-0.2, -0.15) is 0 Å². The van der Waals surface area contributed by atoms with Crippen molar-refractivity contribution in [2.24, 2.45) is 5.73 Å². The highest BCUT2D eigenvalue weighted by Crippen LogP contribution is 2.38. The van der Waals surface area contributed by atoms with Crippen molar-refractivity contribution in [2.75, 3.05) is 14.2 Å². The smallest absolute Gasteiger partial charge is 0.318 e. The van der Waals surface area contributed by atoms with E-state index < -0.39 is 17.2 Å². The van der Waals surface area contributed by atoms with Gasteiger partial charge in [0.1, 0.15) is 0 Å². The Balaban J connectivity index is 1.98. The van der Waals surface area contributed by atoms with Crippen LogP contribution in [-0.4, -0.2) is 46.2 Å². The number of urea groups is 1. The number of hydrogen-bond acceptors (Lipinski definition) is 7. The van der Waals surface area contributed by atoms with Crippen LogP contribution in [0.15, 0.2) is 23.4 Å². The van der Waals surface area contributed by atoms with E-state index in [0.29, 0.717) is 22.5 Å². The van der Waals surface area contributed by atoms with Crippen LogP contribution in [-0.2, 0) is 4.79 Å². The van der Waals surface area contributed by atoms with E-state index in [0.717, 1.165) is 31.2 Å². The summed E-state index contributed by atoms with van der Waals surface area (Å²) in [5.41, 5.74) is 5.92. The van der Waals surface area contributed by atoms with E-state index >= 15 is 0 Å². The molecule has 0 unspecified atom stereocenters. The molecule has 1 aromatic heterocycles.